The summed E-state index contributed by atoms with van der Waals surface area (Å²) in [5.74, 6) is -0.664. The van der Waals surface area contributed by atoms with Crippen LogP contribution >= 0.6 is 0 Å². The van der Waals surface area contributed by atoms with Crippen LogP contribution in [0.25, 0.3) is 11.3 Å². The molecule has 0 aliphatic carbocycles. The molecular weight excluding hydrogens is 185 g/mol. The molecular formula is C9H8FN3O. The molecule has 5 heteroatoms. The molecule has 1 aromatic heterocycles. The van der Waals surface area contributed by atoms with E-state index in [-0.39, 0.29) is 5.75 Å². The van der Waals surface area contributed by atoms with E-state index in [0.717, 1.165) is 6.07 Å². The lowest BCUT2D eigenvalue weighted by Gasteiger charge is -2.00. The molecule has 0 aliphatic heterocycles. The van der Waals surface area contributed by atoms with Gasteiger partial charge in [-0.05, 0) is 12.1 Å². The summed E-state index contributed by atoms with van der Waals surface area (Å²) in [4.78, 5) is 0. The van der Waals surface area contributed by atoms with Crippen molar-refractivity contribution in [3.8, 4) is 17.0 Å². The lowest BCUT2D eigenvalue weighted by atomic mass is 10.1. The monoisotopic (exact) mass is 193 g/mol. The summed E-state index contributed by atoms with van der Waals surface area (Å²) in [6.45, 7) is 0. The van der Waals surface area contributed by atoms with Crippen LogP contribution in [0.4, 0.5) is 10.1 Å². The van der Waals surface area contributed by atoms with Crippen LogP contribution in [0.2, 0.25) is 0 Å². The number of aromatic amines is 1. The van der Waals surface area contributed by atoms with E-state index in [0.29, 0.717) is 16.9 Å². The summed E-state index contributed by atoms with van der Waals surface area (Å²) in [5.41, 5.74) is 6.96. The van der Waals surface area contributed by atoms with Crippen LogP contribution in [0.1, 0.15) is 0 Å². The molecule has 0 spiro atoms. The van der Waals surface area contributed by atoms with Gasteiger partial charge in [0.2, 0.25) is 0 Å². The van der Waals surface area contributed by atoms with Gasteiger partial charge in [-0.25, -0.2) is 4.39 Å². The minimum atomic E-state index is -0.519. The van der Waals surface area contributed by atoms with E-state index in [4.69, 9.17) is 10.8 Å². The van der Waals surface area contributed by atoms with Crippen molar-refractivity contribution in [3.05, 3.63) is 30.2 Å². The van der Waals surface area contributed by atoms with Gasteiger partial charge < -0.3 is 10.8 Å². The van der Waals surface area contributed by atoms with Crippen molar-refractivity contribution in [2.24, 2.45) is 0 Å². The van der Waals surface area contributed by atoms with Gasteiger partial charge in [0.15, 0.2) is 0 Å². The fourth-order valence-corrected chi connectivity index (χ4v) is 1.25. The second-order valence-electron chi connectivity index (χ2n) is 2.90. The first-order valence-corrected chi connectivity index (χ1v) is 3.95. The van der Waals surface area contributed by atoms with Crippen molar-refractivity contribution >= 4 is 5.69 Å². The average molecular weight is 193 g/mol. The number of aromatic nitrogens is 2. The van der Waals surface area contributed by atoms with Crippen molar-refractivity contribution in [3.63, 3.8) is 0 Å². The Morgan fingerprint density at radius 1 is 1.36 bits per heavy atom. The molecule has 2 aromatic rings. The second kappa shape index (κ2) is 3.02. The zero-order valence-electron chi connectivity index (χ0n) is 7.16. The summed E-state index contributed by atoms with van der Waals surface area (Å²) in [5, 5.41) is 15.5. The maximum Gasteiger partial charge on any atom is 0.127 e. The predicted octanol–water partition coefficient (Wildman–Crippen LogP) is 1.50. The van der Waals surface area contributed by atoms with E-state index in [9.17, 15) is 4.39 Å². The topological polar surface area (TPSA) is 74.9 Å². The fourth-order valence-electron chi connectivity index (χ4n) is 1.25. The van der Waals surface area contributed by atoms with E-state index in [2.05, 4.69) is 10.2 Å². The molecule has 2 rings (SSSR count). The number of rotatable bonds is 1. The van der Waals surface area contributed by atoms with Gasteiger partial charge in [0.25, 0.3) is 0 Å². The summed E-state index contributed by atoms with van der Waals surface area (Å²) >= 11 is 0. The van der Waals surface area contributed by atoms with E-state index >= 15 is 0 Å². The number of phenols is 1. The first kappa shape index (κ1) is 8.55. The average Bonchev–Trinajstić information content (AvgIpc) is 2.49. The lowest BCUT2D eigenvalue weighted by molar-refractivity contribution is 0.469. The third kappa shape index (κ3) is 1.39. The third-order valence-electron chi connectivity index (χ3n) is 1.84. The number of nitrogen functional groups attached to an aromatic ring is 1. The molecule has 0 saturated carbocycles. The normalized spacial score (nSPS) is 10.4. The van der Waals surface area contributed by atoms with Crippen molar-refractivity contribution < 1.29 is 9.50 Å². The molecule has 0 bridgehead atoms. The van der Waals surface area contributed by atoms with Crippen LogP contribution in [0.3, 0.4) is 0 Å². The van der Waals surface area contributed by atoms with E-state index in [1.165, 1.54) is 18.3 Å². The highest BCUT2D eigenvalue weighted by molar-refractivity contribution is 5.72. The molecule has 0 amide bonds. The number of halogens is 1. The van der Waals surface area contributed by atoms with E-state index in [1.54, 1.807) is 0 Å². The Labute approximate surface area is 79.2 Å². The van der Waals surface area contributed by atoms with Gasteiger partial charge in [-0.3, -0.25) is 5.10 Å². The lowest BCUT2D eigenvalue weighted by Crippen LogP contribution is -1.87. The largest absolute Gasteiger partial charge is 0.508 e. The van der Waals surface area contributed by atoms with Gasteiger partial charge in [0, 0.05) is 11.6 Å². The predicted molar refractivity (Wildman–Crippen MR) is 50.1 cm³/mol. The maximum absolute atomic E-state index is 12.9. The number of nitrogens with one attached hydrogen (secondary N) is 1. The molecule has 0 aliphatic rings. The fraction of sp³-hybridized carbons (Fsp3) is 0. The van der Waals surface area contributed by atoms with Crippen LogP contribution in [-0.4, -0.2) is 15.3 Å². The summed E-state index contributed by atoms with van der Waals surface area (Å²) in [6.07, 6.45) is 1.43. The molecule has 0 unspecified atom stereocenters. The number of benzene rings is 1. The zero-order chi connectivity index (χ0) is 10.1. The molecule has 14 heavy (non-hydrogen) atoms. The highest BCUT2D eigenvalue weighted by atomic mass is 19.1. The third-order valence-corrected chi connectivity index (χ3v) is 1.84. The van der Waals surface area contributed by atoms with Gasteiger partial charge in [0.05, 0.1) is 17.6 Å². The molecule has 0 atom stereocenters. The number of hydrogen-bond donors (Lipinski definition) is 3. The van der Waals surface area contributed by atoms with Crippen LogP contribution in [-0.2, 0) is 0 Å². The number of hydrogen-bond acceptors (Lipinski definition) is 3. The minimum absolute atomic E-state index is 0.144. The first-order valence-electron chi connectivity index (χ1n) is 3.95. The number of nitrogens with zero attached hydrogens (tertiary/aromatic N) is 1. The quantitative estimate of drug-likeness (QED) is 0.642. The number of aromatic hydroxyl groups is 1. The number of nitrogens with two attached hydrogens (primary N) is 1. The summed E-state index contributed by atoms with van der Waals surface area (Å²) in [6, 6.07) is 3.70. The standard InChI is InChI=1S/C9H8FN3O/c10-6-1-5(2-7(14)3-6)9-8(11)4-12-13-9/h1-4,14H,11H2,(H,12,13). The first-order chi connectivity index (χ1) is 6.66. The van der Waals surface area contributed by atoms with E-state index < -0.39 is 5.82 Å². The van der Waals surface area contributed by atoms with E-state index in [1.807, 2.05) is 0 Å². The summed E-state index contributed by atoms with van der Waals surface area (Å²) < 4.78 is 12.9. The Bertz CT molecular complexity index is 447. The Morgan fingerprint density at radius 2 is 2.14 bits per heavy atom. The number of phenolic OH excluding ortho intramolecular Hbond substituents is 1. The maximum atomic E-state index is 12.9. The van der Waals surface area contributed by atoms with Gasteiger partial charge >= 0.3 is 0 Å². The highest BCUT2D eigenvalue weighted by Gasteiger charge is 2.07. The van der Waals surface area contributed by atoms with Crippen molar-refractivity contribution in [2.75, 3.05) is 5.73 Å². The molecule has 1 aromatic carbocycles. The Morgan fingerprint density at radius 3 is 2.71 bits per heavy atom. The van der Waals surface area contributed by atoms with Gasteiger partial charge in [-0.15, -0.1) is 0 Å². The van der Waals surface area contributed by atoms with Gasteiger partial charge in [-0.2, -0.15) is 5.10 Å². The molecule has 4 nitrogen and oxygen atoms in total. The zero-order valence-corrected chi connectivity index (χ0v) is 7.16. The smallest absolute Gasteiger partial charge is 0.127 e. The van der Waals surface area contributed by atoms with Crippen LogP contribution in [0.15, 0.2) is 24.4 Å². The highest BCUT2D eigenvalue weighted by Crippen LogP contribution is 2.26. The minimum Gasteiger partial charge on any atom is -0.508 e. The SMILES string of the molecule is Nc1cn[nH]c1-c1cc(O)cc(F)c1. The van der Waals surface area contributed by atoms with Crippen LogP contribution in [0, 0.1) is 5.82 Å². The van der Waals surface area contributed by atoms with Crippen molar-refractivity contribution in [1.29, 1.82) is 0 Å². The van der Waals surface area contributed by atoms with Crippen LogP contribution in [0.5, 0.6) is 5.75 Å². The second-order valence-corrected chi connectivity index (χ2v) is 2.90. The Balaban J connectivity index is 2.57. The van der Waals surface area contributed by atoms with Crippen LogP contribution < -0.4 is 5.73 Å². The molecule has 0 saturated heterocycles. The molecule has 0 radical (unpaired) electrons. The molecule has 1 heterocycles. The Kier molecular flexibility index (Phi) is 1.85. The summed E-state index contributed by atoms with van der Waals surface area (Å²) in [7, 11) is 0. The number of anilines is 1. The molecule has 0 fully saturated rings. The molecule has 72 valence electrons. The van der Waals surface area contributed by atoms with Crippen molar-refractivity contribution in [2.45, 2.75) is 0 Å². The Hall–Kier alpha value is -2.04. The van der Waals surface area contributed by atoms with Gasteiger partial charge in [-0.1, -0.05) is 0 Å². The van der Waals surface area contributed by atoms with Gasteiger partial charge in [0.1, 0.15) is 11.6 Å². The molecule has 4 N–H and O–H groups in total. The number of H-pyrrole nitrogens is 1. The van der Waals surface area contributed by atoms with Crippen molar-refractivity contribution in [1.82, 2.24) is 10.2 Å².